The second-order valence-electron chi connectivity index (χ2n) is 5.63. The first-order chi connectivity index (χ1) is 11.2. The highest BCUT2D eigenvalue weighted by atomic mass is 16.1. The highest BCUT2D eigenvalue weighted by Gasteiger charge is 2.07. The van der Waals surface area contributed by atoms with Gasteiger partial charge >= 0.3 is 0 Å². The summed E-state index contributed by atoms with van der Waals surface area (Å²) >= 11 is 0. The van der Waals surface area contributed by atoms with Gasteiger partial charge in [-0.1, -0.05) is 42.5 Å². The van der Waals surface area contributed by atoms with Crippen molar-refractivity contribution in [1.29, 1.82) is 0 Å². The molecule has 0 saturated heterocycles. The molecule has 1 amide bonds. The minimum absolute atomic E-state index is 0.0935. The molecule has 0 saturated carbocycles. The fourth-order valence-electron chi connectivity index (χ4n) is 2.78. The molecule has 3 rings (SSSR count). The van der Waals surface area contributed by atoms with Crippen LogP contribution in [0.4, 0.5) is 0 Å². The van der Waals surface area contributed by atoms with E-state index in [1.54, 1.807) is 0 Å². The first kappa shape index (κ1) is 15.3. The number of aromatic nitrogens is 2. The molecule has 0 aliphatic rings. The Hall–Kier alpha value is -2.62. The molecule has 0 unspecified atom stereocenters. The Kier molecular flexibility index (Phi) is 4.71. The summed E-state index contributed by atoms with van der Waals surface area (Å²) in [6, 6.07) is 18.2. The number of benzene rings is 2. The van der Waals surface area contributed by atoms with Gasteiger partial charge in [-0.3, -0.25) is 4.79 Å². The Bertz CT molecular complexity index is 793. The highest BCUT2D eigenvalue weighted by Crippen LogP contribution is 2.14. The van der Waals surface area contributed by atoms with Crippen LogP contribution in [-0.4, -0.2) is 22.0 Å². The van der Waals surface area contributed by atoms with E-state index in [1.807, 2.05) is 55.5 Å². The van der Waals surface area contributed by atoms with Gasteiger partial charge in [-0.05, 0) is 31.0 Å². The van der Waals surface area contributed by atoms with Crippen LogP contribution in [0.3, 0.4) is 0 Å². The molecule has 1 aromatic heterocycles. The third-order valence-electron chi connectivity index (χ3n) is 3.99. The summed E-state index contributed by atoms with van der Waals surface area (Å²) in [5.41, 5.74) is 3.31. The molecule has 0 spiro atoms. The van der Waals surface area contributed by atoms with Gasteiger partial charge in [0.2, 0.25) is 5.91 Å². The minimum Gasteiger partial charge on any atom is -0.354 e. The van der Waals surface area contributed by atoms with E-state index in [0.717, 1.165) is 29.8 Å². The van der Waals surface area contributed by atoms with Crippen molar-refractivity contribution in [2.24, 2.45) is 0 Å². The average Bonchev–Trinajstić information content (AvgIpc) is 2.90. The molecule has 1 heterocycles. The van der Waals surface area contributed by atoms with Crippen molar-refractivity contribution >= 4 is 16.9 Å². The number of para-hydroxylation sites is 2. The second kappa shape index (κ2) is 7.09. The zero-order valence-electron chi connectivity index (χ0n) is 13.3. The van der Waals surface area contributed by atoms with E-state index < -0.39 is 0 Å². The summed E-state index contributed by atoms with van der Waals surface area (Å²) in [4.78, 5) is 16.5. The van der Waals surface area contributed by atoms with Gasteiger partial charge in [0.25, 0.3) is 0 Å². The average molecular weight is 307 g/mol. The van der Waals surface area contributed by atoms with Crippen LogP contribution >= 0.6 is 0 Å². The zero-order chi connectivity index (χ0) is 16.1. The van der Waals surface area contributed by atoms with Gasteiger partial charge in [-0.15, -0.1) is 0 Å². The summed E-state index contributed by atoms with van der Waals surface area (Å²) in [6.07, 6.45) is 1.30. The van der Waals surface area contributed by atoms with Gasteiger partial charge in [0.15, 0.2) is 0 Å². The van der Waals surface area contributed by atoms with Crippen LogP contribution in [0.25, 0.3) is 11.0 Å². The molecule has 4 nitrogen and oxygen atoms in total. The summed E-state index contributed by atoms with van der Waals surface area (Å²) < 4.78 is 2.15. The van der Waals surface area contributed by atoms with Crippen molar-refractivity contribution in [1.82, 2.24) is 14.9 Å². The summed E-state index contributed by atoms with van der Waals surface area (Å²) in [7, 11) is 0. The monoisotopic (exact) mass is 307 g/mol. The van der Waals surface area contributed by atoms with Crippen molar-refractivity contribution in [2.75, 3.05) is 6.54 Å². The molecule has 1 N–H and O–H groups in total. The molecular weight excluding hydrogens is 286 g/mol. The Morgan fingerprint density at radius 2 is 1.83 bits per heavy atom. The number of imidazole rings is 1. The Labute approximate surface area is 136 Å². The van der Waals surface area contributed by atoms with Crippen molar-refractivity contribution in [3.63, 3.8) is 0 Å². The number of amides is 1. The number of nitrogens with one attached hydrogen (secondary N) is 1. The predicted octanol–water partition coefficient (Wildman–Crippen LogP) is 3.09. The van der Waals surface area contributed by atoms with Gasteiger partial charge in [0.05, 0.1) is 11.0 Å². The van der Waals surface area contributed by atoms with E-state index in [9.17, 15) is 4.79 Å². The molecule has 0 atom stereocenters. The molecule has 2 aromatic carbocycles. The maximum Gasteiger partial charge on any atom is 0.220 e. The number of hydrogen-bond donors (Lipinski definition) is 1. The smallest absolute Gasteiger partial charge is 0.220 e. The van der Waals surface area contributed by atoms with Gasteiger partial charge in [0, 0.05) is 19.5 Å². The Morgan fingerprint density at radius 1 is 1.09 bits per heavy atom. The second-order valence-corrected chi connectivity index (χ2v) is 5.63. The lowest BCUT2D eigenvalue weighted by atomic mass is 10.1. The summed E-state index contributed by atoms with van der Waals surface area (Å²) in [5.74, 6) is 1.07. The minimum atomic E-state index is 0.0935. The Morgan fingerprint density at radius 3 is 2.65 bits per heavy atom. The Balaban J connectivity index is 1.50. The largest absolute Gasteiger partial charge is 0.354 e. The molecule has 0 bridgehead atoms. The SMILES string of the molecule is Cc1nc2ccccc2n1CCNC(=O)CCc1ccccc1. The third kappa shape index (κ3) is 3.77. The van der Waals surface area contributed by atoms with Crippen LogP contribution in [0.5, 0.6) is 0 Å². The van der Waals surface area contributed by atoms with Gasteiger partial charge in [-0.25, -0.2) is 4.98 Å². The molecule has 3 aromatic rings. The fraction of sp³-hybridized carbons (Fsp3) is 0.263. The maximum atomic E-state index is 12.0. The van der Waals surface area contributed by atoms with E-state index in [0.29, 0.717) is 13.0 Å². The molecule has 23 heavy (non-hydrogen) atoms. The van der Waals surface area contributed by atoms with Crippen LogP contribution in [-0.2, 0) is 17.8 Å². The zero-order valence-corrected chi connectivity index (χ0v) is 13.3. The van der Waals surface area contributed by atoms with Crippen LogP contribution in [0.2, 0.25) is 0 Å². The van der Waals surface area contributed by atoms with E-state index in [2.05, 4.69) is 20.9 Å². The van der Waals surface area contributed by atoms with E-state index in [4.69, 9.17) is 0 Å². The molecule has 0 aliphatic carbocycles. The number of aryl methyl sites for hydroxylation is 2. The standard InChI is InChI=1S/C19H21N3O/c1-15-21-17-9-5-6-10-18(17)22(15)14-13-20-19(23)12-11-16-7-3-2-4-8-16/h2-10H,11-14H2,1H3,(H,20,23). The van der Waals surface area contributed by atoms with Crippen molar-refractivity contribution in [3.8, 4) is 0 Å². The highest BCUT2D eigenvalue weighted by molar-refractivity contribution is 5.77. The van der Waals surface area contributed by atoms with Crippen molar-refractivity contribution < 1.29 is 4.79 Å². The number of rotatable bonds is 6. The number of fused-ring (bicyclic) bond motifs is 1. The van der Waals surface area contributed by atoms with Crippen molar-refractivity contribution in [2.45, 2.75) is 26.3 Å². The maximum absolute atomic E-state index is 12.0. The number of carbonyl (C=O) groups excluding carboxylic acids is 1. The quantitative estimate of drug-likeness (QED) is 0.760. The number of nitrogens with zero attached hydrogens (tertiary/aromatic N) is 2. The fourth-order valence-corrected chi connectivity index (χ4v) is 2.78. The van der Waals surface area contributed by atoms with Gasteiger partial charge in [0.1, 0.15) is 5.82 Å². The molecule has 0 fully saturated rings. The molecule has 4 heteroatoms. The van der Waals surface area contributed by atoms with Gasteiger partial charge < -0.3 is 9.88 Å². The molecule has 0 radical (unpaired) electrons. The molecular formula is C19H21N3O. The summed E-state index contributed by atoms with van der Waals surface area (Å²) in [5, 5.41) is 3.00. The van der Waals surface area contributed by atoms with Crippen LogP contribution < -0.4 is 5.32 Å². The first-order valence-electron chi connectivity index (χ1n) is 7.96. The predicted molar refractivity (Wildman–Crippen MR) is 92.2 cm³/mol. The lowest BCUT2D eigenvalue weighted by Gasteiger charge is -2.09. The van der Waals surface area contributed by atoms with E-state index in [1.165, 1.54) is 5.56 Å². The van der Waals surface area contributed by atoms with Gasteiger partial charge in [-0.2, -0.15) is 0 Å². The third-order valence-corrected chi connectivity index (χ3v) is 3.99. The van der Waals surface area contributed by atoms with E-state index in [-0.39, 0.29) is 5.91 Å². The lowest BCUT2D eigenvalue weighted by molar-refractivity contribution is -0.121. The van der Waals surface area contributed by atoms with Crippen LogP contribution in [0.1, 0.15) is 17.8 Å². The first-order valence-corrected chi connectivity index (χ1v) is 7.96. The lowest BCUT2D eigenvalue weighted by Crippen LogP contribution is -2.27. The van der Waals surface area contributed by atoms with Crippen LogP contribution in [0.15, 0.2) is 54.6 Å². The number of hydrogen-bond acceptors (Lipinski definition) is 2. The van der Waals surface area contributed by atoms with Crippen LogP contribution in [0, 0.1) is 6.92 Å². The topological polar surface area (TPSA) is 46.9 Å². The normalized spacial score (nSPS) is 10.8. The summed E-state index contributed by atoms with van der Waals surface area (Å²) in [6.45, 7) is 3.36. The molecule has 0 aliphatic heterocycles. The molecule has 118 valence electrons. The van der Waals surface area contributed by atoms with Crippen molar-refractivity contribution in [3.05, 3.63) is 66.0 Å². The van der Waals surface area contributed by atoms with E-state index >= 15 is 0 Å². The number of carbonyl (C=O) groups is 1.